The number of nitrogens with zero attached hydrogens (tertiary/aromatic N) is 2. The van der Waals surface area contributed by atoms with Gasteiger partial charge < -0.3 is 0 Å². The number of hydrogen-bond acceptors (Lipinski definition) is 3. The van der Waals surface area contributed by atoms with Crippen LogP contribution < -0.4 is 4.90 Å². The first-order valence-corrected chi connectivity index (χ1v) is 8.05. The summed E-state index contributed by atoms with van der Waals surface area (Å²) in [4.78, 5) is 31.1. The van der Waals surface area contributed by atoms with Gasteiger partial charge in [-0.25, -0.2) is 9.88 Å². The van der Waals surface area contributed by atoms with Crippen molar-refractivity contribution in [3.8, 4) is 0 Å². The van der Waals surface area contributed by atoms with Gasteiger partial charge in [0, 0.05) is 6.20 Å². The Balaban J connectivity index is 1.75. The fourth-order valence-corrected chi connectivity index (χ4v) is 4.83. The number of imide groups is 1. The number of carbonyl (C=O) groups excluding carboxylic acids is 2. The number of amides is 2. The molecule has 2 heterocycles. The molecule has 114 valence electrons. The number of aromatic nitrogens is 1. The second kappa shape index (κ2) is 4.66. The fraction of sp³-hybridized carbons (Fsp3) is 0.471. The van der Waals surface area contributed by atoms with Crippen LogP contribution in [0.15, 0.2) is 29.5 Å². The first kappa shape index (κ1) is 13.9. The molecule has 4 nitrogen and oxygen atoms in total. The van der Waals surface area contributed by atoms with Crippen LogP contribution in [-0.2, 0) is 9.59 Å². The lowest BCUT2D eigenvalue weighted by atomic mass is 9.81. The van der Waals surface area contributed by atoms with Gasteiger partial charge in [0.25, 0.3) is 0 Å². The molecular formula is C17H17ClN2O2. The van der Waals surface area contributed by atoms with Gasteiger partial charge in [-0.3, -0.25) is 9.59 Å². The normalized spacial score (nSPS) is 32.9. The highest BCUT2D eigenvalue weighted by molar-refractivity contribution is 6.30. The van der Waals surface area contributed by atoms with Crippen molar-refractivity contribution in [2.24, 2.45) is 23.7 Å². The smallest absolute Gasteiger partial charge is 0.239 e. The third-order valence-electron chi connectivity index (χ3n) is 5.37. The van der Waals surface area contributed by atoms with Crippen LogP contribution >= 0.6 is 11.6 Å². The summed E-state index contributed by atoms with van der Waals surface area (Å²) in [6, 6.07) is 3.30. The first-order valence-electron chi connectivity index (χ1n) is 7.67. The molecule has 2 aliphatic carbocycles. The van der Waals surface area contributed by atoms with Crippen LogP contribution in [0.4, 0.5) is 5.82 Å². The van der Waals surface area contributed by atoms with E-state index in [-0.39, 0.29) is 35.5 Å². The summed E-state index contributed by atoms with van der Waals surface area (Å²) in [5, 5.41) is 0.495. The Morgan fingerprint density at radius 3 is 2.18 bits per heavy atom. The Bertz CT molecular complexity index is 674. The van der Waals surface area contributed by atoms with E-state index in [9.17, 15) is 9.59 Å². The molecule has 3 fully saturated rings. The molecule has 22 heavy (non-hydrogen) atoms. The number of rotatable bonds is 1. The Morgan fingerprint density at radius 1 is 1.14 bits per heavy atom. The molecule has 4 rings (SSSR count). The van der Waals surface area contributed by atoms with Crippen LogP contribution in [0.25, 0.3) is 0 Å². The monoisotopic (exact) mass is 316 g/mol. The van der Waals surface area contributed by atoms with Gasteiger partial charge in [0.15, 0.2) is 0 Å². The number of fused-ring (bicyclic) bond motifs is 5. The molecule has 1 aliphatic heterocycles. The van der Waals surface area contributed by atoms with Crippen molar-refractivity contribution in [2.75, 3.05) is 4.90 Å². The summed E-state index contributed by atoms with van der Waals surface area (Å²) in [6.45, 7) is 4.18. The second-order valence-corrected chi connectivity index (χ2v) is 7.08. The van der Waals surface area contributed by atoms with Gasteiger partial charge in [-0.1, -0.05) is 22.7 Å². The molecule has 0 aromatic carbocycles. The first-order chi connectivity index (χ1) is 10.5. The predicted molar refractivity (Wildman–Crippen MR) is 83.3 cm³/mol. The zero-order chi connectivity index (χ0) is 15.6. The largest absolute Gasteiger partial charge is 0.274 e. The molecule has 0 radical (unpaired) electrons. The van der Waals surface area contributed by atoms with Crippen molar-refractivity contribution in [1.29, 1.82) is 0 Å². The Labute approximate surface area is 134 Å². The lowest BCUT2D eigenvalue weighted by Gasteiger charge is -2.18. The zero-order valence-electron chi connectivity index (χ0n) is 12.5. The molecule has 1 aromatic heterocycles. The van der Waals surface area contributed by atoms with Gasteiger partial charge in [0.05, 0.1) is 16.9 Å². The van der Waals surface area contributed by atoms with Gasteiger partial charge >= 0.3 is 0 Å². The predicted octanol–water partition coefficient (Wildman–Crippen LogP) is 3.22. The minimum Gasteiger partial charge on any atom is -0.274 e. The van der Waals surface area contributed by atoms with E-state index in [1.54, 1.807) is 12.1 Å². The van der Waals surface area contributed by atoms with Crippen LogP contribution in [0, 0.1) is 23.7 Å². The van der Waals surface area contributed by atoms with E-state index in [0.717, 1.165) is 12.8 Å². The van der Waals surface area contributed by atoms with E-state index in [0.29, 0.717) is 10.8 Å². The van der Waals surface area contributed by atoms with E-state index in [4.69, 9.17) is 11.6 Å². The molecule has 5 heteroatoms. The molecule has 1 saturated heterocycles. The van der Waals surface area contributed by atoms with Gasteiger partial charge in [-0.15, -0.1) is 0 Å². The molecule has 2 bridgehead atoms. The number of anilines is 1. The van der Waals surface area contributed by atoms with Gasteiger partial charge in [0.1, 0.15) is 5.82 Å². The van der Waals surface area contributed by atoms with Gasteiger partial charge in [-0.2, -0.15) is 0 Å². The van der Waals surface area contributed by atoms with E-state index in [1.165, 1.54) is 22.2 Å². The average Bonchev–Trinajstić information content (AvgIpc) is 3.11. The highest BCUT2D eigenvalue weighted by atomic mass is 35.5. The number of hydrogen-bond donors (Lipinski definition) is 0. The van der Waals surface area contributed by atoms with Crippen LogP contribution in [0.1, 0.15) is 26.7 Å². The summed E-state index contributed by atoms with van der Waals surface area (Å²) in [7, 11) is 0. The Hall–Kier alpha value is -1.68. The maximum Gasteiger partial charge on any atom is 0.239 e. The van der Waals surface area contributed by atoms with E-state index in [2.05, 4.69) is 18.8 Å². The molecular weight excluding hydrogens is 300 g/mol. The van der Waals surface area contributed by atoms with Crippen molar-refractivity contribution in [2.45, 2.75) is 26.7 Å². The molecule has 0 N–H and O–H groups in total. The van der Waals surface area contributed by atoms with E-state index < -0.39 is 0 Å². The molecule has 0 unspecified atom stereocenters. The number of pyridine rings is 1. The lowest BCUT2D eigenvalue weighted by Crippen LogP contribution is -2.33. The summed E-state index contributed by atoms with van der Waals surface area (Å²) in [6.07, 6.45) is 3.52. The van der Waals surface area contributed by atoms with Crippen LogP contribution in [0.3, 0.4) is 0 Å². The minimum atomic E-state index is -0.186. The maximum absolute atomic E-state index is 12.9. The topological polar surface area (TPSA) is 50.3 Å². The molecule has 3 aliphatic rings. The van der Waals surface area contributed by atoms with Crippen molar-refractivity contribution >= 4 is 29.2 Å². The SMILES string of the molecule is CC(C)=C1[C@H]2CC[C@@H]1[C@H]1C(=O)N(c3ccc(Cl)cn3)C(=O)[C@@H]12. The van der Waals surface area contributed by atoms with Crippen molar-refractivity contribution in [3.05, 3.63) is 34.5 Å². The Kier molecular flexibility index (Phi) is 2.95. The maximum atomic E-state index is 12.9. The van der Waals surface area contributed by atoms with Crippen molar-refractivity contribution < 1.29 is 9.59 Å². The van der Waals surface area contributed by atoms with E-state index >= 15 is 0 Å². The van der Waals surface area contributed by atoms with Gasteiger partial charge in [-0.05, 0) is 50.7 Å². The quantitative estimate of drug-likeness (QED) is 0.590. The number of carbonyl (C=O) groups is 2. The third-order valence-corrected chi connectivity index (χ3v) is 5.59. The molecule has 1 aromatic rings. The number of allylic oxidation sites excluding steroid dienone is 2. The van der Waals surface area contributed by atoms with Crippen molar-refractivity contribution in [3.63, 3.8) is 0 Å². The van der Waals surface area contributed by atoms with Crippen molar-refractivity contribution in [1.82, 2.24) is 4.98 Å². The average molecular weight is 317 g/mol. The highest BCUT2D eigenvalue weighted by Gasteiger charge is 2.63. The van der Waals surface area contributed by atoms with Crippen LogP contribution in [-0.4, -0.2) is 16.8 Å². The summed E-state index contributed by atoms with van der Waals surface area (Å²) in [5.74, 6) is 0.336. The van der Waals surface area contributed by atoms with Crippen LogP contribution in [0.5, 0.6) is 0 Å². The third kappa shape index (κ3) is 1.67. The molecule has 0 spiro atoms. The number of halogens is 1. The Morgan fingerprint density at radius 2 is 1.73 bits per heavy atom. The van der Waals surface area contributed by atoms with Crippen LogP contribution in [0.2, 0.25) is 5.02 Å². The van der Waals surface area contributed by atoms with E-state index in [1.807, 2.05) is 0 Å². The summed E-state index contributed by atoms with van der Waals surface area (Å²) < 4.78 is 0. The zero-order valence-corrected chi connectivity index (χ0v) is 13.3. The molecule has 2 amide bonds. The summed E-state index contributed by atoms with van der Waals surface area (Å²) in [5.41, 5.74) is 2.64. The standard InChI is InChI=1S/C17H17ClN2O2/c1-8(2)13-10-4-5-11(13)15-14(10)16(21)20(17(15)22)12-6-3-9(18)7-19-12/h3,6-7,10-11,14-15H,4-5H2,1-2H3/t10-,11+,14-,15-/m1/s1. The molecule has 4 atom stereocenters. The second-order valence-electron chi connectivity index (χ2n) is 6.64. The lowest BCUT2D eigenvalue weighted by molar-refractivity contribution is -0.123. The summed E-state index contributed by atoms with van der Waals surface area (Å²) >= 11 is 5.84. The van der Waals surface area contributed by atoms with Gasteiger partial charge in [0.2, 0.25) is 11.8 Å². The highest BCUT2D eigenvalue weighted by Crippen LogP contribution is 2.60. The fourth-order valence-electron chi connectivity index (χ4n) is 4.72. The molecule has 2 saturated carbocycles. The minimum absolute atomic E-state index is 0.0872.